The first kappa shape index (κ1) is 15.0. The molecule has 0 radical (unpaired) electrons. The van der Waals surface area contributed by atoms with Gasteiger partial charge < -0.3 is 9.30 Å². The number of nitrogens with zero attached hydrogens (tertiary/aromatic N) is 1. The summed E-state index contributed by atoms with van der Waals surface area (Å²) < 4.78 is 8.11. The summed E-state index contributed by atoms with van der Waals surface area (Å²) >= 11 is 0. The van der Waals surface area contributed by atoms with Crippen LogP contribution >= 0.6 is 0 Å². The Hall–Kier alpha value is -3.33. The normalized spacial score (nSPS) is 12.3. The van der Waals surface area contributed by atoms with Crippen molar-refractivity contribution in [2.24, 2.45) is 0 Å². The molecule has 3 nitrogen and oxygen atoms in total. The number of hydrogen-bond donors (Lipinski definition) is 0. The second-order valence-electron chi connectivity index (χ2n) is 6.59. The van der Waals surface area contributed by atoms with Crippen molar-refractivity contribution in [1.29, 1.82) is 0 Å². The van der Waals surface area contributed by atoms with E-state index in [2.05, 4.69) is 16.7 Å². The van der Waals surface area contributed by atoms with Crippen LogP contribution in [-0.4, -0.2) is 4.57 Å². The van der Waals surface area contributed by atoms with Crippen molar-refractivity contribution in [2.45, 2.75) is 13.0 Å². The molecular weight excluding hydrogens is 322 g/mol. The van der Waals surface area contributed by atoms with Gasteiger partial charge in [0.25, 0.3) is 0 Å². The molecule has 5 rings (SSSR count). The first-order valence-electron chi connectivity index (χ1n) is 8.73. The summed E-state index contributed by atoms with van der Waals surface area (Å²) in [7, 11) is 0. The average molecular weight is 339 g/mol. The van der Waals surface area contributed by atoms with E-state index in [4.69, 9.17) is 4.74 Å². The van der Waals surface area contributed by atoms with E-state index in [0.717, 1.165) is 39.0 Å². The van der Waals surface area contributed by atoms with Gasteiger partial charge in [-0.25, -0.2) is 0 Å². The summed E-state index contributed by atoms with van der Waals surface area (Å²) in [6.07, 6.45) is 2.59. The van der Waals surface area contributed by atoms with Crippen LogP contribution in [0.3, 0.4) is 0 Å². The fraction of sp³-hybridized carbons (Fsp3) is 0.0870. The molecule has 0 unspecified atom stereocenters. The molecule has 3 heteroatoms. The quantitative estimate of drug-likeness (QED) is 0.539. The van der Waals surface area contributed by atoms with E-state index in [1.807, 2.05) is 66.9 Å². The Labute approximate surface area is 151 Å². The molecule has 0 atom stereocenters. The number of pyridine rings is 1. The van der Waals surface area contributed by atoms with E-state index < -0.39 is 0 Å². The first-order chi connectivity index (χ1) is 12.8. The molecule has 0 saturated carbocycles. The maximum atomic E-state index is 13.1. The molecule has 0 amide bonds. The number of rotatable bonds is 2. The van der Waals surface area contributed by atoms with Crippen LogP contribution in [0.25, 0.3) is 16.6 Å². The second kappa shape index (κ2) is 5.88. The predicted octanol–water partition coefficient (Wildman–Crippen LogP) is 4.47. The second-order valence-corrected chi connectivity index (χ2v) is 6.59. The minimum absolute atomic E-state index is 0.0985. The topological polar surface area (TPSA) is 31.2 Å². The van der Waals surface area contributed by atoms with Gasteiger partial charge in [-0.05, 0) is 23.8 Å². The van der Waals surface area contributed by atoms with Crippen LogP contribution in [0.2, 0.25) is 0 Å². The van der Waals surface area contributed by atoms with Crippen LogP contribution in [0.1, 0.15) is 16.7 Å². The van der Waals surface area contributed by atoms with E-state index in [1.54, 1.807) is 0 Å². The summed E-state index contributed by atoms with van der Waals surface area (Å²) in [5.41, 5.74) is 4.96. The van der Waals surface area contributed by atoms with Crippen LogP contribution in [0, 0.1) is 0 Å². The van der Waals surface area contributed by atoms with E-state index >= 15 is 0 Å². The Balaban J connectivity index is 1.82. The predicted molar refractivity (Wildman–Crippen MR) is 103 cm³/mol. The van der Waals surface area contributed by atoms with Crippen LogP contribution in [0.15, 0.2) is 83.8 Å². The zero-order valence-electron chi connectivity index (χ0n) is 14.2. The van der Waals surface area contributed by atoms with E-state index in [0.29, 0.717) is 13.0 Å². The minimum Gasteiger partial charge on any atom is -0.487 e. The van der Waals surface area contributed by atoms with Gasteiger partial charge in [0, 0.05) is 29.1 Å². The van der Waals surface area contributed by atoms with Gasteiger partial charge in [0.2, 0.25) is 0 Å². The average Bonchev–Trinajstić information content (AvgIpc) is 2.85. The molecule has 0 N–H and O–H groups in total. The van der Waals surface area contributed by atoms with Gasteiger partial charge in [-0.3, -0.25) is 4.79 Å². The molecule has 0 fully saturated rings. The van der Waals surface area contributed by atoms with Gasteiger partial charge in [-0.2, -0.15) is 0 Å². The molecular formula is C23H17NO2. The third-order valence-electron chi connectivity index (χ3n) is 4.93. The molecule has 0 aliphatic carbocycles. The highest BCUT2D eigenvalue weighted by atomic mass is 16.5. The van der Waals surface area contributed by atoms with Crippen LogP contribution in [0.5, 0.6) is 5.75 Å². The zero-order valence-corrected chi connectivity index (χ0v) is 14.2. The lowest BCUT2D eigenvalue weighted by Gasteiger charge is -2.14. The maximum absolute atomic E-state index is 13.1. The number of aromatic nitrogens is 1. The third kappa shape index (κ3) is 2.32. The SMILES string of the molecule is O=c1c(Cc2ccccc2)cn2c3c(cccc13)COc1ccccc1-2. The highest BCUT2D eigenvalue weighted by Crippen LogP contribution is 2.32. The van der Waals surface area contributed by atoms with Gasteiger partial charge in [0.05, 0.1) is 11.2 Å². The molecule has 0 spiro atoms. The molecule has 4 aromatic rings. The Morgan fingerprint density at radius 2 is 1.69 bits per heavy atom. The van der Waals surface area contributed by atoms with Gasteiger partial charge in [-0.1, -0.05) is 54.6 Å². The van der Waals surface area contributed by atoms with Gasteiger partial charge in [0.15, 0.2) is 5.43 Å². The fourth-order valence-electron chi connectivity index (χ4n) is 3.69. The fourth-order valence-corrected chi connectivity index (χ4v) is 3.69. The number of benzene rings is 3. The minimum atomic E-state index is 0.0985. The molecule has 26 heavy (non-hydrogen) atoms. The summed E-state index contributed by atoms with van der Waals surface area (Å²) in [6.45, 7) is 0.464. The van der Waals surface area contributed by atoms with E-state index in [9.17, 15) is 4.79 Å². The lowest BCUT2D eigenvalue weighted by Crippen LogP contribution is -2.15. The van der Waals surface area contributed by atoms with Crippen molar-refractivity contribution in [3.05, 3.63) is 106 Å². The highest BCUT2D eigenvalue weighted by Gasteiger charge is 2.19. The summed E-state index contributed by atoms with van der Waals surface area (Å²) in [6, 6.07) is 24.0. The Bertz CT molecular complexity index is 1180. The lowest BCUT2D eigenvalue weighted by molar-refractivity contribution is 0.309. The number of para-hydroxylation sites is 3. The molecule has 3 aromatic carbocycles. The number of hydrogen-bond acceptors (Lipinski definition) is 2. The smallest absolute Gasteiger partial charge is 0.192 e. The number of ether oxygens (including phenoxy) is 1. The summed E-state index contributed by atoms with van der Waals surface area (Å²) in [5.74, 6) is 0.833. The van der Waals surface area contributed by atoms with Crippen molar-refractivity contribution < 1.29 is 4.74 Å². The lowest BCUT2D eigenvalue weighted by atomic mass is 10.0. The number of fused-ring (bicyclic) bond motifs is 2. The van der Waals surface area contributed by atoms with Crippen LogP contribution in [-0.2, 0) is 13.0 Å². The van der Waals surface area contributed by atoms with E-state index in [-0.39, 0.29) is 5.43 Å². The zero-order chi connectivity index (χ0) is 17.5. The van der Waals surface area contributed by atoms with Gasteiger partial charge >= 0.3 is 0 Å². The summed E-state index contributed by atoms with van der Waals surface area (Å²) in [4.78, 5) is 13.1. The van der Waals surface area contributed by atoms with E-state index in [1.165, 1.54) is 0 Å². The monoisotopic (exact) mass is 339 g/mol. The third-order valence-corrected chi connectivity index (χ3v) is 4.93. The van der Waals surface area contributed by atoms with Crippen molar-refractivity contribution in [3.63, 3.8) is 0 Å². The molecule has 1 aliphatic rings. The Kier molecular flexibility index (Phi) is 3.39. The molecule has 1 aliphatic heterocycles. The largest absolute Gasteiger partial charge is 0.487 e. The first-order valence-corrected chi connectivity index (χ1v) is 8.73. The Morgan fingerprint density at radius 1 is 0.885 bits per heavy atom. The van der Waals surface area contributed by atoms with Crippen LogP contribution < -0.4 is 10.2 Å². The molecule has 2 heterocycles. The summed E-state index contributed by atoms with van der Waals surface area (Å²) in [5, 5.41) is 0.747. The maximum Gasteiger partial charge on any atom is 0.192 e. The van der Waals surface area contributed by atoms with Gasteiger partial charge in [0.1, 0.15) is 12.4 Å². The molecule has 126 valence electrons. The van der Waals surface area contributed by atoms with Crippen molar-refractivity contribution >= 4 is 10.9 Å². The Morgan fingerprint density at radius 3 is 2.58 bits per heavy atom. The molecule has 1 aromatic heterocycles. The van der Waals surface area contributed by atoms with Crippen molar-refractivity contribution in [2.75, 3.05) is 0 Å². The van der Waals surface area contributed by atoms with Crippen molar-refractivity contribution in [1.82, 2.24) is 4.57 Å². The van der Waals surface area contributed by atoms with Crippen LogP contribution in [0.4, 0.5) is 0 Å². The molecule has 0 bridgehead atoms. The highest BCUT2D eigenvalue weighted by molar-refractivity contribution is 5.85. The molecule has 0 saturated heterocycles. The standard InChI is InChI=1S/C23H17NO2/c25-23-18(13-16-7-2-1-3-8-16)14-24-20-11-4-5-12-21(20)26-15-17-9-6-10-19(23)22(17)24/h1-12,14H,13,15H2. The van der Waals surface area contributed by atoms with Crippen molar-refractivity contribution in [3.8, 4) is 11.4 Å². The van der Waals surface area contributed by atoms with Gasteiger partial charge in [-0.15, -0.1) is 0 Å².